The molecule has 2 aliphatic rings. The topological polar surface area (TPSA) is 67.9 Å². The van der Waals surface area contributed by atoms with Crippen LogP contribution in [0.4, 0.5) is 4.79 Å². The molecule has 0 spiro atoms. The summed E-state index contributed by atoms with van der Waals surface area (Å²) >= 11 is 0. The molecule has 1 N–H and O–H groups in total. The quantitative estimate of drug-likeness (QED) is 0.891. The van der Waals surface area contributed by atoms with Gasteiger partial charge in [-0.1, -0.05) is 18.2 Å². The van der Waals surface area contributed by atoms with Crippen molar-refractivity contribution in [2.24, 2.45) is 11.8 Å². The summed E-state index contributed by atoms with van der Waals surface area (Å²) in [4.78, 5) is 30.1. The lowest BCUT2D eigenvalue weighted by atomic mass is 9.91. The first kappa shape index (κ1) is 18.7. The standard InChI is InChI=1S/C20H28N2O4/c1-20(2,3)25-19(24)21-17-11-16(14-9-10-14)12-22(13-17)26-18(23)15-7-5-4-6-8-15/h4-8,14,16-17H,9-13H2,1-3H3,(H,21,24). The molecule has 6 nitrogen and oxygen atoms in total. The predicted octanol–water partition coefficient (Wildman–Crippen LogP) is 3.38. The molecule has 1 aliphatic heterocycles. The second-order valence-electron chi connectivity index (χ2n) is 8.27. The number of ether oxygens (including phenoxy) is 1. The average Bonchev–Trinajstić information content (AvgIpc) is 3.38. The summed E-state index contributed by atoms with van der Waals surface area (Å²) in [5.41, 5.74) is -0.00798. The molecule has 1 aromatic carbocycles. The van der Waals surface area contributed by atoms with Crippen LogP contribution in [0.15, 0.2) is 30.3 Å². The number of carbonyl (C=O) groups is 2. The Labute approximate surface area is 154 Å². The van der Waals surface area contributed by atoms with Gasteiger partial charge in [0.25, 0.3) is 0 Å². The Hall–Kier alpha value is -2.08. The smallest absolute Gasteiger partial charge is 0.407 e. The van der Waals surface area contributed by atoms with E-state index in [0.717, 1.165) is 13.0 Å². The average molecular weight is 360 g/mol. The van der Waals surface area contributed by atoms with Crippen LogP contribution in [0.1, 0.15) is 50.4 Å². The Morgan fingerprint density at radius 1 is 1.08 bits per heavy atom. The number of alkyl carbamates (subject to hydrolysis) is 1. The third kappa shape index (κ3) is 5.46. The molecule has 0 aromatic heterocycles. The normalized spacial score (nSPS) is 24.0. The SMILES string of the molecule is CC(C)(C)OC(=O)NC1CC(C2CC2)CN(OC(=O)c2ccccc2)C1. The van der Waals surface area contributed by atoms with E-state index in [9.17, 15) is 9.59 Å². The molecule has 3 rings (SSSR count). The van der Waals surface area contributed by atoms with Crippen molar-refractivity contribution < 1.29 is 19.2 Å². The lowest BCUT2D eigenvalue weighted by Crippen LogP contribution is -2.52. The van der Waals surface area contributed by atoms with Crippen LogP contribution in [0, 0.1) is 11.8 Å². The lowest BCUT2D eigenvalue weighted by molar-refractivity contribution is -0.138. The van der Waals surface area contributed by atoms with E-state index in [1.807, 2.05) is 39.0 Å². The summed E-state index contributed by atoms with van der Waals surface area (Å²) < 4.78 is 5.36. The fourth-order valence-electron chi connectivity index (χ4n) is 3.40. The number of amides is 1. The molecule has 1 aliphatic carbocycles. The van der Waals surface area contributed by atoms with Gasteiger partial charge in [-0.2, -0.15) is 0 Å². The Morgan fingerprint density at radius 2 is 1.77 bits per heavy atom. The predicted molar refractivity (Wildman–Crippen MR) is 97.4 cm³/mol. The van der Waals surface area contributed by atoms with Gasteiger partial charge >= 0.3 is 12.1 Å². The molecule has 1 saturated carbocycles. The monoisotopic (exact) mass is 360 g/mol. The van der Waals surface area contributed by atoms with Crippen molar-refractivity contribution in [3.05, 3.63) is 35.9 Å². The molecule has 142 valence electrons. The van der Waals surface area contributed by atoms with Gasteiger partial charge in [0.1, 0.15) is 5.60 Å². The minimum atomic E-state index is -0.534. The number of nitrogens with one attached hydrogen (secondary N) is 1. The van der Waals surface area contributed by atoms with Crippen molar-refractivity contribution in [3.63, 3.8) is 0 Å². The molecule has 2 fully saturated rings. The van der Waals surface area contributed by atoms with Crippen LogP contribution < -0.4 is 5.32 Å². The summed E-state index contributed by atoms with van der Waals surface area (Å²) in [5, 5.41) is 4.64. The molecule has 1 aromatic rings. The highest BCUT2D eigenvalue weighted by Gasteiger charge is 2.39. The van der Waals surface area contributed by atoms with Gasteiger partial charge in [-0.15, -0.1) is 5.06 Å². The fourth-order valence-corrected chi connectivity index (χ4v) is 3.40. The lowest BCUT2D eigenvalue weighted by Gasteiger charge is -2.37. The zero-order valence-electron chi connectivity index (χ0n) is 15.7. The number of nitrogens with zero attached hydrogens (tertiary/aromatic N) is 1. The third-order valence-corrected chi connectivity index (χ3v) is 4.68. The zero-order chi connectivity index (χ0) is 18.7. The largest absolute Gasteiger partial charge is 0.444 e. The van der Waals surface area contributed by atoms with Crippen molar-refractivity contribution in [1.29, 1.82) is 0 Å². The van der Waals surface area contributed by atoms with Gasteiger partial charge in [-0.05, 0) is 64.0 Å². The third-order valence-electron chi connectivity index (χ3n) is 4.68. The molecule has 2 atom stereocenters. The first-order valence-corrected chi connectivity index (χ1v) is 9.32. The maximum atomic E-state index is 12.3. The number of rotatable bonds is 4. The van der Waals surface area contributed by atoms with Gasteiger partial charge in [0.05, 0.1) is 12.1 Å². The van der Waals surface area contributed by atoms with E-state index >= 15 is 0 Å². The number of carbonyl (C=O) groups excluding carboxylic acids is 2. The van der Waals surface area contributed by atoms with Gasteiger partial charge in [0.2, 0.25) is 0 Å². The van der Waals surface area contributed by atoms with Crippen LogP contribution in [0.5, 0.6) is 0 Å². The number of hydroxylamine groups is 2. The maximum absolute atomic E-state index is 12.3. The zero-order valence-corrected chi connectivity index (χ0v) is 15.7. The highest BCUT2D eigenvalue weighted by molar-refractivity contribution is 5.89. The first-order valence-electron chi connectivity index (χ1n) is 9.32. The highest BCUT2D eigenvalue weighted by atomic mass is 16.7. The molecule has 2 unspecified atom stereocenters. The summed E-state index contributed by atoms with van der Waals surface area (Å²) in [7, 11) is 0. The maximum Gasteiger partial charge on any atom is 0.407 e. The van der Waals surface area contributed by atoms with Crippen molar-refractivity contribution in [1.82, 2.24) is 10.4 Å². The van der Waals surface area contributed by atoms with E-state index in [-0.39, 0.29) is 12.0 Å². The molecule has 0 bridgehead atoms. The van der Waals surface area contributed by atoms with Gasteiger partial charge in [0, 0.05) is 12.6 Å². The van der Waals surface area contributed by atoms with E-state index in [4.69, 9.17) is 9.57 Å². The Morgan fingerprint density at radius 3 is 2.38 bits per heavy atom. The molecule has 0 radical (unpaired) electrons. The van der Waals surface area contributed by atoms with E-state index in [0.29, 0.717) is 23.9 Å². The van der Waals surface area contributed by atoms with Gasteiger partial charge in [-0.3, -0.25) is 0 Å². The minimum Gasteiger partial charge on any atom is -0.444 e. The van der Waals surface area contributed by atoms with Gasteiger partial charge in [-0.25, -0.2) is 9.59 Å². The summed E-state index contributed by atoms with van der Waals surface area (Å²) in [6.07, 6.45) is 2.89. The van der Waals surface area contributed by atoms with Crippen molar-refractivity contribution in [3.8, 4) is 0 Å². The number of hydrogen-bond acceptors (Lipinski definition) is 5. The van der Waals surface area contributed by atoms with E-state index in [2.05, 4.69) is 5.32 Å². The number of benzene rings is 1. The van der Waals surface area contributed by atoms with Gasteiger partial charge in [0.15, 0.2) is 0 Å². The summed E-state index contributed by atoms with van der Waals surface area (Å²) in [6.45, 7) is 6.72. The second kappa shape index (κ2) is 7.66. The molecule has 26 heavy (non-hydrogen) atoms. The van der Waals surface area contributed by atoms with Crippen molar-refractivity contribution in [2.75, 3.05) is 13.1 Å². The number of hydrogen-bond donors (Lipinski definition) is 1. The van der Waals surface area contributed by atoms with Crippen LogP contribution in [0.2, 0.25) is 0 Å². The van der Waals surface area contributed by atoms with Crippen molar-refractivity contribution >= 4 is 12.1 Å². The molecular weight excluding hydrogens is 332 g/mol. The molecule has 1 heterocycles. The second-order valence-corrected chi connectivity index (χ2v) is 8.27. The fraction of sp³-hybridized carbons (Fsp3) is 0.600. The van der Waals surface area contributed by atoms with Gasteiger partial charge < -0.3 is 14.9 Å². The van der Waals surface area contributed by atoms with Crippen LogP contribution in [0.3, 0.4) is 0 Å². The molecule has 6 heteroatoms. The summed E-state index contributed by atoms with van der Waals surface area (Å²) in [6, 6.07) is 8.87. The first-order chi connectivity index (χ1) is 12.3. The van der Waals surface area contributed by atoms with Crippen LogP contribution in [-0.2, 0) is 9.57 Å². The summed E-state index contributed by atoms with van der Waals surface area (Å²) in [5.74, 6) is 0.724. The van der Waals surface area contributed by atoms with Crippen molar-refractivity contribution in [2.45, 2.75) is 51.7 Å². The Kier molecular flexibility index (Phi) is 5.51. The minimum absolute atomic E-state index is 0.0900. The Bertz CT molecular complexity index is 637. The number of piperidine rings is 1. The Balaban J connectivity index is 1.60. The van der Waals surface area contributed by atoms with Crippen LogP contribution in [-0.4, -0.2) is 41.9 Å². The molecule has 1 amide bonds. The van der Waals surface area contributed by atoms with Crippen LogP contribution >= 0.6 is 0 Å². The molecule has 1 saturated heterocycles. The van der Waals surface area contributed by atoms with E-state index in [1.54, 1.807) is 17.2 Å². The highest BCUT2D eigenvalue weighted by Crippen LogP contribution is 2.41. The van der Waals surface area contributed by atoms with E-state index in [1.165, 1.54) is 12.8 Å². The molecular formula is C20H28N2O4. The van der Waals surface area contributed by atoms with Crippen LogP contribution in [0.25, 0.3) is 0 Å². The van der Waals surface area contributed by atoms with E-state index < -0.39 is 11.7 Å².